The number of hydrogen-bond acceptors (Lipinski definition) is 5. The predicted octanol–water partition coefficient (Wildman–Crippen LogP) is 1.36. The van der Waals surface area contributed by atoms with E-state index in [1.807, 2.05) is 4.90 Å². The normalized spacial score (nSPS) is 11.2. The summed E-state index contributed by atoms with van der Waals surface area (Å²) in [5.41, 5.74) is 5.71. The first-order valence-electron chi connectivity index (χ1n) is 8.27. The van der Waals surface area contributed by atoms with Crippen molar-refractivity contribution in [3.05, 3.63) is 23.8 Å². The molecule has 0 heterocycles. The van der Waals surface area contributed by atoms with Crippen LogP contribution in [-0.4, -0.2) is 33.4 Å². The van der Waals surface area contributed by atoms with Gasteiger partial charge in [-0.15, -0.1) is 0 Å². The molecule has 0 aliphatic rings. The Morgan fingerprint density at radius 2 is 1.76 bits per heavy atom. The summed E-state index contributed by atoms with van der Waals surface area (Å²) in [6, 6.07) is 4.32. The standard InChI is InChI=1S/C16H27N5O3S/c1-3-5-9-21(10-6-4-2)13-8-7-12(15(22)20-16(17)18)11-14(13)25(19,23)24/h7-8,11H,3-6,9-10H2,1-2H3,(H2,19,23,24)(H4,17,18,20,22). The third-order valence-corrected chi connectivity index (χ3v) is 4.62. The topological polar surface area (TPSA) is 142 Å². The van der Waals surface area contributed by atoms with Crippen LogP contribution in [0.15, 0.2) is 23.1 Å². The second kappa shape index (κ2) is 9.38. The van der Waals surface area contributed by atoms with Crippen molar-refractivity contribution in [3.8, 4) is 0 Å². The summed E-state index contributed by atoms with van der Waals surface area (Å²) >= 11 is 0. The highest BCUT2D eigenvalue weighted by atomic mass is 32.2. The minimum atomic E-state index is -4.02. The fourth-order valence-electron chi connectivity index (χ4n) is 2.39. The maximum absolute atomic E-state index is 12.1. The molecule has 1 aromatic rings. The highest BCUT2D eigenvalue weighted by Crippen LogP contribution is 2.26. The summed E-state index contributed by atoms with van der Waals surface area (Å²) in [5.74, 6) is -1.17. The highest BCUT2D eigenvalue weighted by Gasteiger charge is 2.21. The van der Waals surface area contributed by atoms with Gasteiger partial charge in [-0.2, -0.15) is 0 Å². The SMILES string of the molecule is CCCCN(CCCC)c1ccc(C(=O)NC(=N)N)cc1S(N)(=O)=O. The Balaban J connectivity index is 3.32. The number of amides is 1. The molecule has 1 aromatic carbocycles. The predicted molar refractivity (Wildman–Crippen MR) is 99.2 cm³/mol. The van der Waals surface area contributed by atoms with Crippen molar-refractivity contribution in [1.82, 2.24) is 5.32 Å². The molecule has 0 unspecified atom stereocenters. The van der Waals surface area contributed by atoms with Crippen LogP contribution in [0, 0.1) is 5.41 Å². The van der Waals surface area contributed by atoms with E-state index in [0.717, 1.165) is 25.7 Å². The van der Waals surface area contributed by atoms with Crippen LogP contribution in [0.5, 0.6) is 0 Å². The zero-order chi connectivity index (χ0) is 19.0. The fraction of sp³-hybridized carbons (Fsp3) is 0.500. The molecule has 0 bridgehead atoms. The molecule has 0 spiro atoms. The van der Waals surface area contributed by atoms with Gasteiger partial charge in [0.15, 0.2) is 5.96 Å². The molecular weight excluding hydrogens is 342 g/mol. The number of anilines is 1. The highest BCUT2D eigenvalue weighted by molar-refractivity contribution is 7.89. The van der Waals surface area contributed by atoms with Gasteiger partial charge in [-0.1, -0.05) is 26.7 Å². The van der Waals surface area contributed by atoms with Gasteiger partial charge in [-0.3, -0.25) is 15.5 Å². The Morgan fingerprint density at radius 3 is 2.20 bits per heavy atom. The number of nitrogens with one attached hydrogen (secondary N) is 2. The quantitative estimate of drug-likeness (QED) is 0.384. The summed E-state index contributed by atoms with van der Waals surface area (Å²) in [4.78, 5) is 13.9. The van der Waals surface area contributed by atoms with E-state index in [1.54, 1.807) is 6.07 Å². The van der Waals surface area contributed by atoms with Crippen molar-refractivity contribution in [2.45, 2.75) is 44.4 Å². The summed E-state index contributed by atoms with van der Waals surface area (Å²) in [5, 5.41) is 14.6. The lowest BCUT2D eigenvalue weighted by atomic mass is 10.1. The lowest BCUT2D eigenvalue weighted by Crippen LogP contribution is -2.36. The molecule has 1 amide bonds. The molecule has 0 fully saturated rings. The maximum Gasteiger partial charge on any atom is 0.257 e. The summed E-state index contributed by atoms with van der Waals surface area (Å²) in [6.45, 7) is 5.54. The molecule has 0 saturated carbocycles. The van der Waals surface area contributed by atoms with Gasteiger partial charge in [0.25, 0.3) is 5.91 Å². The Hall–Kier alpha value is -2.13. The molecule has 0 aliphatic heterocycles. The molecule has 0 aromatic heterocycles. The van der Waals surface area contributed by atoms with Crippen LogP contribution >= 0.6 is 0 Å². The van der Waals surface area contributed by atoms with Crippen LogP contribution in [-0.2, 0) is 10.0 Å². The molecule has 0 radical (unpaired) electrons. The van der Waals surface area contributed by atoms with Gasteiger partial charge in [0, 0.05) is 18.7 Å². The van der Waals surface area contributed by atoms with Crippen LogP contribution in [0.2, 0.25) is 0 Å². The van der Waals surface area contributed by atoms with Crippen molar-refractivity contribution in [1.29, 1.82) is 5.41 Å². The number of rotatable bonds is 9. The fourth-order valence-corrected chi connectivity index (χ4v) is 3.17. The zero-order valence-corrected chi connectivity index (χ0v) is 15.5. The molecule has 0 aliphatic carbocycles. The Morgan fingerprint density at radius 1 is 1.20 bits per heavy atom. The molecule has 0 saturated heterocycles. The van der Waals surface area contributed by atoms with E-state index in [1.165, 1.54) is 12.1 Å². The number of hydrogen-bond donors (Lipinski definition) is 4. The summed E-state index contributed by atoms with van der Waals surface area (Å²) < 4.78 is 24.1. The first-order valence-corrected chi connectivity index (χ1v) is 9.82. The van der Waals surface area contributed by atoms with Gasteiger partial charge >= 0.3 is 0 Å². The van der Waals surface area contributed by atoms with Crippen molar-refractivity contribution < 1.29 is 13.2 Å². The Labute approximate surface area is 149 Å². The minimum Gasteiger partial charge on any atom is -0.370 e. The zero-order valence-electron chi connectivity index (χ0n) is 14.7. The number of nitrogens with two attached hydrogens (primary N) is 2. The third-order valence-electron chi connectivity index (χ3n) is 3.68. The van der Waals surface area contributed by atoms with Gasteiger partial charge in [-0.05, 0) is 31.0 Å². The van der Waals surface area contributed by atoms with Gasteiger partial charge in [0.1, 0.15) is 4.90 Å². The van der Waals surface area contributed by atoms with Crippen molar-refractivity contribution >= 4 is 27.6 Å². The second-order valence-corrected chi connectivity index (χ2v) is 7.32. The molecule has 1 rings (SSSR count). The Bertz CT molecular complexity index is 710. The van der Waals surface area contributed by atoms with Crippen molar-refractivity contribution in [2.75, 3.05) is 18.0 Å². The average Bonchev–Trinajstić information content (AvgIpc) is 2.53. The number of benzene rings is 1. The summed E-state index contributed by atoms with van der Waals surface area (Å²) in [7, 11) is -4.02. The Kier molecular flexibility index (Phi) is 7.85. The first-order chi connectivity index (χ1) is 11.7. The monoisotopic (exact) mass is 369 g/mol. The third kappa shape index (κ3) is 6.35. The van der Waals surface area contributed by atoms with E-state index in [4.69, 9.17) is 16.3 Å². The smallest absolute Gasteiger partial charge is 0.257 e. The molecule has 140 valence electrons. The molecule has 9 heteroatoms. The molecule has 8 nitrogen and oxygen atoms in total. The molecular formula is C16H27N5O3S. The van der Waals surface area contributed by atoms with Crippen LogP contribution < -0.4 is 21.1 Å². The first kappa shape index (κ1) is 20.9. The second-order valence-electron chi connectivity index (χ2n) is 5.79. The molecule has 25 heavy (non-hydrogen) atoms. The summed E-state index contributed by atoms with van der Waals surface area (Å²) in [6.07, 6.45) is 3.79. The van der Waals surface area contributed by atoms with Gasteiger partial charge in [0.05, 0.1) is 5.69 Å². The average molecular weight is 369 g/mol. The lowest BCUT2D eigenvalue weighted by molar-refractivity contribution is 0.0976. The largest absolute Gasteiger partial charge is 0.370 e. The van der Waals surface area contributed by atoms with E-state index >= 15 is 0 Å². The van der Waals surface area contributed by atoms with E-state index in [9.17, 15) is 13.2 Å². The van der Waals surface area contributed by atoms with Gasteiger partial charge in [0.2, 0.25) is 10.0 Å². The van der Waals surface area contributed by atoms with E-state index in [2.05, 4.69) is 19.2 Å². The van der Waals surface area contributed by atoms with E-state index in [-0.39, 0.29) is 10.5 Å². The van der Waals surface area contributed by atoms with Crippen LogP contribution in [0.3, 0.4) is 0 Å². The number of primary sulfonamides is 1. The van der Waals surface area contributed by atoms with Crippen LogP contribution in [0.1, 0.15) is 49.9 Å². The number of sulfonamides is 1. The van der Waals surface area contributed by atoms with Gasteiger partial charge in [-0.25, -0.2) is 13.6 Å². The number of guanidine groups is 1. The lowest BCUT2D eigenvalue weighted by Gasteiger charge is -2.26. The number of unbranched alkanes of at least 4 members (excludes halogenated alkanes) is 2. The van der Waals surface area contributed by atoms with Gasteiger partial charge < -0.3 is 10.6 Å². The van der Waals surface area contributed by atoms with Crippen molar-refractivity contribution in [2.24, 2.45) is 10.9 Å². The van der Waals surface area contributed by atoms with E-state index in [0.29, 0.717) is 18.8 Å². The molecule has 6 N–H and O–H groups in total. The number of carbonyl (C=O) groups is 1. The maximum atomic E-state index is 12.1. The van der Waals surface area contributed by atoms with Crippen LogP contribution in [0.25, 0.3) is 0 Å². The number of nitrogens with zero attached hydrogens (tertiary/aromatic N) is 1. The van der Waals surface area contributed by atoms with E-state index < -0.39 is 21.9 Å². The number of carbonyl (C=O) groups excluding carboxylic acids is 1. The van der Waals surface area contributed by atoms with Crippen LogP contribution in [0.4, 0.5) is 5.69 Å². The minimum absolute atomic E-state index is 0.0777. The van der Waals surface area contributed by atoms with Crippen molar-refractivity contribution in [3.63, 3.8) is 0 Å². The molecule has 0 atom stereocenters.